The molecule has 0 saturated heterocycles. The normalized spacial score (nSPS) is 37.8. The van der Waals surface area contributed by atoms with Crippen LogP contribution in [0.3, 0.4) is 0 Å². The zero-order valence-corrected chi connectivity index (χ0v) is 14.3. The quantitative estimate of drug-likeness (QED) is 0.799. The van der Waals surface area contributed by atoms with Gasteiger partial charge in [-0.25, -0.2) is 0 Å². The molecule has 0 aliphatic heterocycles. The number of hydrogen-bond acceptors (Lipinski definition) is 2. The number of fused-ring (bicyclic) bond motifs is 1. The maximum atomic E-state index is 10.6. The summed E-state index contributed by atoms with van der Waals surface area (Å²) in [6, 6.07) is 2.05. The van der Waals surface area contributed by atoms with Crippen molar-refractivity contribution in [3.63, 3.8) is 0 Å². The van der Waals surface area contributed by atoms with E-state index in [0.29, 0.717) is 17.3 Å². The van der Waals surface area contributed by atoms with Gasteiger partial charge in [0.25, 0.3) is 0 Å². The van der Waals surface area contributed by atoms with Gasteiger partial charge in [-0.3, -0.25) is 0 Å². The first kappa shape index (κ1) is 15.9. The lowest BCUT2D eigenvalue weighted by atomic mass is 9.46. The molecule has 0 bridgehead atoms. The molecule has 0 spiro atoms. The largest absolute Gasteiger partial charge is 0.472 e. The number of rotatable bonds is 3. The van der Waals surface area contributed by atoms with Crippen LogP contribution in [0.5, 0.6) is 0 Å². The molecule has 0 amide bonds. The summed E-state index contributed by atoms with van der Waals surface area (Å²) < 4.78 is 5.20. The lowest BCUT2D eigenvalue weighted by Gasteiger charge is -2.59. The van der Waals surface area contributed by atoms with Gasteiger partial charge in [-0.05, 0) is 72.0 Å². The lowest BCUT2D eigenvalue weighted by Crippen LogP contribution is -2.52. The Labute approximate surface area is 134 Å². The second-order valence-corrected chi connectivity index (χ2v) is 8.45. The van der Waals surface area contributed by atoms with E-state index >= 15 is 0 Å². The van der Waals surface area contributed by atoms with Crippen molar-refractivity contribution in [3.05, 3.63) is 36.3 Å². The number of furan rings is 1. The Bertz CT molecular complexity index is 528. The standard InChI is InChI=1S/C20H30O2/c1-14-16(7-6-15-8-11-22-13-15)20(4)10-5-9-19(2,3)18(20)12-17(14)21/h8,11,13,16-18,21H,1,5-7,9-10,12H2,2-4H3/t16-,17+,18-,20+/m0/s1. The molecular weight excluding hydrogens is 272 g/mol. The molecule has 1 heterocycles. The van der Waals surface area contributed by atoms with Crippen molar-refractivity contribution < 1.29 is 9.52 Å². The fraction of sp³-hybridized carbons (Fsp3) is 0.700. The van der Waals surface area contributed by atoms with E-state index in [4.69, 9.17) is 4.42 Å². The van der Waals surface area contributed by atoms with E-state index in [0.717, 1.165) is 24.8 Å². The first-order valence-electron chi connectivity index (χ1n) is 8.72. The number of aliphatic hydroxyl groups is 1. The third kappa shape index (κ3) is 2.56. The molecule has 2 nitrogen and oxygen atoms in total. The van der Waals surface area contributed by atoms with E-state index in [2.05, 4.69) is 27.4 Å². The summed E-state index contributed by atoms with van der Waals surface area (Å²) in [5, 5.41) is 10.6. The first-order chi connectivity index (χ1) is 10.3. The highest BCUT2D eigenvalue weighted by molar-refractivity contribution is 5.21. The zero-order valence-electron chi connectivity index (χ0n) is 14.3. The molecule has 122 valence electrons. The van der Waals surface area contributed by atoms with Gasteiger partial charge in [0.05, 0.1) is 18.6 Å². The van der Waals surface area contributed by atoms with E-state index in [1.165, 1.54) is 24.8 Å². The first-order valence-corrected chi connectivity index (χ1v) is 8.72. The predicted octanol–water partition coefficient (Wildman–Crippen LogP) is 4.98. The fourth-order valence-electron chi connectivity index (χ4n) is 5.46. The SMILES string of the molecule is C=C1[C@H](O)C[C@H]2C(C)(C)CCC[C@]2(C)[C@H]1CCc1ccoc1. The van der Waals surface area contributed by atoms with Crippen LogP contribution in [0, 0.1) is 22.7 Å². The molecule has 1 N–H and O–H groups in total. The van der Waals surface area contributed by atoms with Crippen molar-refractivity contribution in [3.8, 4) is 0 Å². The van der Waals surface area contributed by atoms with Crippen LogP contribution in [0.15, 0.2) is 35.2 Å². The predicted molar refractivity (Wildman–Crippen MR) is 89.5 cm³/mol. The minimum Gasteiger partial charge on any atom is -0.472 e. The summed E-state index contributed by atoms with van der Waals surface area (Å²) in [6.07, 6.45) is 10.1. The second kappa shape index (κ2) is 5.56. The van der Waals surface area contributed by atoms with Crippen LogP contribution in [0.4, 0.5) is 0 Å². The van der Waals surface area contributed by atoms with Gasteiger partial charge in [0.2, 0.25) is 0 Å². The van der Waals surface area contributed by atoms with Gasteiger partial charge in [0.1, 0.15) is 0 Å². The average Bonchev–Trinajstić information content (AvgIpc) is 2.94. The smallest absolute Gasteiger partial charge is 0.0934 e. The molecule has 3 rings (SSSR count). The monoisotopic (exact) mass is 302 g/mol. The van der Waals surface area contributed by atoms with Crippen molar-refractivity contribution in [2.75, 3.05) is 0 Å². The molecule has 4 atom stereocenters. The van der Waals surface area contributed by atoms with Crippen LogP contribution >= 0.6 is 0 Å². The van der Waals surface area contributed by atoms with Crippen molar-refractivity contribution in [1.82, 2.24) is 0 Å². The van der Waals surface area contributed by atoms with Gasteiger partial charge in [-0.15, -0.1) is 0 Å². The highest BCUT2D eigenvalue weighted by Gasteiger charge is 2.54. The average molecular weight is 302 g/mol. The molecule has 22 heavy (non-hydrogen) atoms. The lowest BCUT2D eigenvalue weighted by molar-refractivity contribution is -0.0834. The molecule has 2 aliphatic carbocycles. The van der Waals surface area contributed by atoms with Crippen LogP contribution in [0.2, 0.25) is 0 Å². The fourth-order valence-corrected chi connectivity index (χ4v) is 5.46. The topological polar surface area (TPSA) is 33.4 Å². The Morgan fingerprint density at radius 2 is 2.09 bits per heavy atom. The third-order valence-electron chi connectivity index (χ3n) is 6.71. The van der Waals surface area contributed by atoms with Crippen LogP contribution in [-0.2, 0) is 6.42 Å². The van der Waals surface area contributed by atoms with E-state index < -0.39 is 0 Å². The van der Waals surface area contributed by atoms with Crippen LogP contribution in [-0.4, -0.2) is 11.2 Å². The van der Waals surface area contributed by atoms with Crippen molar-refractivity contribution in [2.24, 2.45) is 22.7 Å². The Kier molecular flexibility index (Phi) is 4.01. The molecule has 2 heteroatoms. The molecule has 2 fully saturated rings. The molecule has 0 radical (unpaired) electrons. The van der Waals surface area contributed by atoms with Gasteiger partial charge < -0.3 is 9.52 Å². The van der Waals surface area contributed by atoms with Crippen molar-refractivity contribution in [2.45, 2.75) is 65.4 Å². The Morgan fingerprint density at radius 3 is 2.77 bits per heavy atom. The van der Waals surface area contributed by atoms with Crippen molar-refractivity contribution in [1.29, 1.82) is 0 Å². The summed E-state index contributed by atoms with van der Waals surface area (Å²) in [5.74, 6) is 0.999. The Hall–Kier alpha value is -1.02. The summed E-state index contributed by atoms with van der Waals surface area (Å²) in [4.78, 5) is 0. The van der Waals surface area contributed by atoms with Crippen molar-refractivity contribution >= 4 is 0 Å². The van der Waals surface area contributed by atoms with Crippen LogP contribution < -0.4 is 0 Å². The maximum Gasteiger partial charge on any atom is 0.0934 e. The summed E-state index contributed by atoms with van der Waals surface area (Å²) in [5.41, 5.74) is 2.92. The molecule has 1 aromatic heterocycles. The summed E-state index contributed by atoms with van der Waals surface area (Å²) in [7, 11) is 0. The van der Waals surface area contributed by atoms with Gasteiger partial charge in [-0.1, -0.05) is 33.8 Å². The molecular formula is C20H30O2. The van der Waals surface area contributed by atoms with E-state index in [1.807, 2.05) is 12.3 Å². The summed E-state index contributed by atoms with van der Waals surface area (Å²) in [6.45, 7) is 11.5. The second-order valence-electron chi connectivity index (χ2n) is 8.45. The van der Waals surface area contributed by atoms with E-state index in [9.17, 15) is 5.11 Å². The Morgan fingerprint density at radius 1 is 1.32 bits per heavy atom. The van der Waals surface area contributed by atoms with Crippen LogP contribution in [0.25, 0.3) is 0 Å². The number of hydrogen-bond donors (Lipinski definition) is 1. The molecule has 2 saturated carbocycles. The van der Waals surface area contributed by atoms with Gasteiger partial charge in [-0.2, -0.15) is 0 Å². The molecule has 0 unspecified atom stereocenters. The molecule has 2 aliphatic rings. The number of aliphatic hydroxyl groups excluding tert-OH is 1. The minimum absolute atomic E-state index is 0.280. The summed E-state index contributed by atoms with van der Waals surface area (Å²) >= 11 is 0. The Balaban J connectivity index is 1.86. The highest BCUT2D eigenvalue weighted by atomic mass is 16.3. The van der Waals surface area contributed by atoms with Gasteiger partial charge in [0, 0.05) is 0 Å². The third-order valence-corrected chi connectivity index (χ3v) is 6.71. The maximum absolute atomic E-state index is 10.6. The van der Waals surface area contributed by atoms with E-state index in [1.54, 1.807) is 6.26 Å². The van der Waals surface area contributed by atoms with Crippen LogP contribution in [0.1, 0.15) is 58.4 Å². The molecule has 0 aromatic carbocycles. The van der Waals surface area contributed by atoms with Gasteiger partial charge >= 0.3 is 0 Å². The zero-order chi connectivity index (χ0) is 16.0. The highest BCUT2D eigenvalue weighted by Crippen LogP contribution is 2.61. The number of aryl methyl sites for hydroxylation is 1. The molecule has 1 aromatic rings. The van der Waals surface area contributed by atoms with E-state index in [-0.39, 0.29) is 11.5 Å². The van der Waals surface area contributed by atoms with Gasteiger partial charge in [0.15, 0.2) is 0 Å². The minimum atomic E-state index is -0.329.